The van der Waals surface area contributed by atoms with Crippen LogP contribution in [0.4, 0.5) is 0 Å². The molecule has 0 radical (unpaired) electrons. The lowest BCUT2D eigenvalue weighted by Gasteiger charge is -2.38. The summed E-state index contributed by atoms with van der Waals surface area (Å²) < 4.78 is 6.31. The van der Waals surface area contributed by atoms with Crippen molar-refractivity contribution in [1.29, 1.82) is 0 Å². The van der Waals surface area contributed by atoms with Crippen LogP contribution in [0.3, 0.4) is 0 Å². The summed E-state index contributed by atoms with van der Waals surface area (Å²) >= 11 is 0. The first kappa shape index (κ1) is 21.6. The highest BCUT2D eigenvalue weighted by atomic mass is 16.5. The van der Waals surface area contributed by atoms with Crippen molar-refractivity contribution in [3.63, 3.8) is 0 Å². The fourth-order valence-electron chi connectivity index (χ4n) is 6.56. The molecule has 184 valence electrons. The summed E-state index contributed by atoms with van der Waals surface area (Å²) in [6.45, 7) is 3.87. The van der Waals surface area contributed by atoms with Crippen LogP contribution in [-0.2, 0) is 28.1 Å². The topological polar surface area (TPSA) is 94.7 Å². The quantitative estimate of drug-likeness (QED) is 0.558. The van der Waals surface area contributed by atoms with E-state index in [-0.39, 0.29) is 29.6 Å². The Hall–Kier alpha value is -3.65. The molecule has 8 heteroatoms. The normalized spacial score (nSPS) is 23.2. The number of piperidine rings is 2. The summed E-state index contributed by atoms with van der Waals surface area (Å²) in [5.74, 6) is 0.0201. The van der Waals surface area contributed by atoms with Crippen molar-refractivity contribution in [1.82, 2.24) is 20.1 Å². The molecule has 3 aromatic rings. The predicted molar refractivity (Wildman–Crippen MR) is 132 cm³/mol. The zero-order valence-corrected chi connectivity index (χ0v) is 20.0. The third-order valence-corrected chi connectivity index (χ3v) is 8.61. The van der Waals surface area contributed by atoms with Gasteiger partial charge in [0.15, 0.2) is 0 Å². The van der Waals surface area contributed by atoms with Crippen LogP contribution in [0.15, 0.2) is 42.6 Å². The van der Waals surface area contributed by atoms with Gasteiger partial charge in [0, 0.05) is 46.8 Å². The van der Waals surface area contributed by atoms with Gasteiger partial charge in [-0.15, -0.1) is 0 Å². The highest BCUT2D eigenvalue weighted by Gasteiger charge is 2.47. The van der Waals surface area contributed by atoms with Crippen LogP contribution >= 0.6 is 0 Å². The van der Waals surface area contributed by atoms with Gasteiger partial charge in [-0.25, -0.2) is 0 Å². The van der Waals surface area contributed by atoms with E-state index in [1.807, 2.05) is 12.3 Å². The van der Waals surface area contributed by atoms with Crippen LogP contribution in [0.2, 0.25) is 0 Å². The number of likely N-dealkylation sites (tertiary alicyclic amines) is 1. The molecule has 2 fully saturated rings. The minimum Gasteiger partial charge on any atom is -0.492 e. The van der Waals surface area contributed by atoms with Crippen molar-refractivity contribution in [3.8, 4) is 5.75 Å². The molecule has 1 aromatic heterocycles. The Bertz CT molecular complexity index is 1420. The molecule has 1 atom stereocenters. The number of aromatic amines is 1. The number of benzene rings is 2. The summed E-state index contributed by atoms with van der Waals surface area (Å²) in [4.78, 5) is 44.7. The molecule has 3 amide bonds. The third kappa shape index (κ3) is 3.20. The first-order valence-corrected chi connectivity index (χ1v) is 12.7. The second-order valence-corrected chi connectivity index (χ2v) is 10.6. The van der Waals surface area contributed by atoms with Crippen LogP contribution in [-0.4, -0.2) is 58.2 Å². The maximum atomic E-state index is 13.2. The number of H-pyrrole nitrogens is 1. The highest BCUT2D eigenvalue weighted by Crippen LogP contribution is 2.49. The van der Waals surface area contributed by atoms with Gasteiger partial charge in [0.25, 0.3) is 5.91 Å². The van der Waals surface area contributed by atoms with Crippen molar-refractivity contribution >= 4 is 28.6 Å². The van der Waals surface area contributed by atoms with Crippen molar-refractivity contribution < 1.29 is 19.1 Å². The van der Waals surface area contributed by atoms with E-state index >= 15 is 0 Å². The standard InChI is InChI=1S/C28H28N4O4/c33-23-7-6-22(26(34)30-23)32-15-20-19(27(32)35)4-5-21-25(20)36-16-28(21)9-12-31(13-10-28)14-18-3-1-2-17-8-11-29-24(17)18/h1-5,8,11,22,29H,6-7,9-10,12-16H2,(H,30,33,34). The summed E-state index contributed by atoms with van der Waals surface area (Å²) in [5, 5.41) is 3.62. The Morgan fingerprint density at radius 1 is 1.06 bits per heavy atom. The average molecular weight is 485 g/mol. The van der Waals surface area contributed by atoms with Gasteiger partial charge in [-0.3, -0.25) is 24.6 Å². The first-order chi connectivity index (χ1) is 17.5. The fourth-order valence-corrected chi connectivity index (χ4v) is 6.56. The number of amides is 3. The molecule has 8 nitrogen and oxygen atoms in total. The SMILES string of the molecule is O=C1CCC(N2Cc3c(ccc4c3OCC43CCN(Cc4cccc5cc[nH]c45)CC3)C2=O)C(=O)N1. The summed E-state index contributed by atoms with van der Waals surface area (Å²) in [6.07, 6.45) is 4.62. The molecule has 2 N–H and O–H groups in total. The molecule has 0 saturated carbocycles. The molecular weight excluding hydrogens is 456 g/mol. The van der Waals surface area contributed by atoms with Crippen LogP contribution in [0, 0.1) is 0 Å². The van der Waals surface area contributed by atoms with E-state index in [2.05, 4.69) is 45.5 Å². The van der Waals surface area contributed by atoms with E-state index in [4.69, 9.17) is 4.74 Å². The first-order valence-electron chi connectivity index (χ1n) is 12.7. The minimum absolute atomic E-state index is 0.0373. The number of nitrogens with zero attached hydrogens (tertiary/aromatic N) is 2. The van der Waals surface area contributed by atoms with Crippen LogP contribution in [0.5, 0.6) is 5.75 Å². The Morgan fingerprint density at radius 3 is 2.75 bits per heavy atom. The molecule has 0 bridgehead atoms. The molecule has 7 rings (SSSR count). The number of para-hydroxylation sites is 1. The number of imide groups is 1. The Morgan fingerprint density at radius 2 is 1.92 bits per heavy atom. The van der Waals surface area contributed by atoms with Crippen molar-refractivity contribution in [2.24, 2.45) is 0 Å². The maximum Gasteiger partial charge on any atom is 0.255 e. The fraction of sp³-hybridized carbons (Fsp3) is 0.393. The number of aromatic nitrogens is 1. The summed E-state index contributed by atoms with van der Waals surface area (Å²) in [7, 11) is 0. The number of hydrogen-bond acceptors (Lipinski definition) is 5. The third-order valence-electron chi connectivity index (χ3n) is 8.61. The van der Waals surface area contributed by atoms with Crippen molar-refractivity contribution in [2.45, 2.75) is 50.2 Å². The van der Waals surface area contributed by atoms with Crippen molar-refractivity contribution in [3.05, 3.63) is 64.8 Å². The largest absolute Gasteiger partial charge is 0.492 e. The van der Waals surface area contributed by atoms with Gasteiger partial charge in [0.2, 0.25) is 11.8 Å². The zero-order chi connectivity index (χ0) is 24.4. The van der Waals surface area contributed by atoms with E-state index in [1.54, 1.807) is 4.90 Å². The van der Waals surface area contributed by atoms with E-state index in [0.29, 0.717) is 25.1 Å². The predicted octanol–water partition coefficient (Wildman–Crippen LogP) is 2.86. The molecular formula is C28H28N4O4. The molecule has 4 aliphatic rings. The number of fused-ring (bicyclic) bond motifs is 5. The summed E-state index contributed by atoms with van der Waals surface area (Å²) in [6, 6.07) is 11.9. The monoisotopic (exact) mass is 484 g/mol. The molecule has 4 aliphatic heterocycles. The molecule has 36 heavy (non-hydrogen) atoms. The van der Waals surface area contributed by atoms with Gasteiger partial charge in [0.05, 0.1) is 13.2 Å². The number of rotatable bonds is 3. The number of carbonyl (C=O) groups is 3. The number of carbonyl (C=O) groups excluding carboxylic acids is 3. The maximum absolute atomic E-state index is 13.2. The smallest absolute Gasteiger partial charge is 0.255 e. The highest BCUT2D eigenvalue weighted by molar-refractivity contribution is 6.05. The van der Waals surface area contributed by atoms with Crippen LogP contribution in [0.1, 0.15) is 52.7 Å². The molecule has 5 heterocycles. The Labute approximate surface area is 208 Å². The zero-order valence-electron chi connectivity index (χ0n) is 20.0. The summed E-state index contributed by atoms with van der Waals surface area (Å²) in [5.41, 5.74) is 5.21. The van der Waals surface area contributed by atoms with Gasteiger partial charge < -0.3 is 14.6 Å². The lowest BCUT2D eigenvalue weighted by molar-refractivity contribution is -0.136. The average Bonchev–Trinajstić information content (AvgIpc) is 3.58. The van der Waals surface area contributed by atoms with Crippen molar-refractivity contribution in [2.75, 3.05) is 19.7 Å². The van der Waals surface area contributed by atoms with E-state index in [9.17, 15) is 14.4 Å². The van der Waals surface area contributed by atoms with Gasteiger partial charge >= 0.3 is 0 Å². The number of ether oxygens (including phenoxy) is 1. The molecule has 0 aliphatic carbocycles. The van der Waals surface area contributed by atoms with Crippen LogP contribution < -0.4 is 10.1 Å². The lowest BCUT2D eigenvalue weighted by atomic mass is 9.74. The molecule has 2 aromatic carbocycles. The molecule has 1 spiro atoms. The molecule has 2 saturated heterocycles. The van der Waals surface area contributed by atoms with Gasteiger partial charge in [-0.1, -0.05) is 24.3 Å². The second kappa shape index (κ2) is 7.93. The lowest BCUT2D eigenvalue weighted by Crippen LogP contribution is -2.52. The van der Waals surface area contributed by atoms with Gasteiger partial charge in [-0.05, 0) is 55.4 Å². The van der Waals surface area contributed by atoms with Crippen LogP contribution in [0.25, 0.3) is 10.9 Å². The van der Waals surface area contributed by atoms with E-state index in [1.165, 1.54) is 22.0 Å². The van der Waals surface area contributed by atoms with E-state index < -0.39 is 6.04 Å². The molecule has 1 unspecified atom stereocenters. The second-order valence-electron chi connectivity index (χ2n) is 10.6. The number of hydrogen-bond donors (Lipinski definition) is 2. The van der Waals surface area contributed by atoms with Gasteiger partial charge in [-0.2, -0.15) is 0 Å². The Kier molecular flexibility index (Phi) is 4.76. The Balaban J connectivity index is 1.10. The number of nitrogens with one attached hydrogen (secondary N) is 2. The van der Waals surface area contributed by atoms with E-state index in [0.717, 1.165) is 43.8 Å². The minimum atomic E-state index is -0.610. The van der Waals surface area contributed by atoms with Gasteiger partial charge in [0.1, 0.15) is 11.8 Å².